The van der Waals surface area contributed by atoms with Gasteiger partial charge in [0.05, 0.1) is 24.1 Å². The summed E-state index contributed by atoms with van der Waals surface area (Å²) in [6.45, 7) is 3.79. The lowest BCUT2D eigenvalue weighted by molar-refractivity contribution is -0.148. The maximum atomic E-state index is 11.9. The van der Waals surface area contributed by atoms with Crippen LogP contribution in [0.4, 0.5) is 5.82 Å². The zero-order valence-corrected chi connectivity index (χ0v) is 12.3. The third kappa shape index (κ3) is 2.55. The van der Waals surface area contributed by atoms with Gasteiger partial charge in [-0.25, -0.2) is 9.97 Å². The van der Waals surface area contributed by atoms with Crippen molar-refractivity contribution in [1.82, 2.24) is 19.7 Å². The first kappa shape index (κ1) is 13.8. The van der Waals surface area contributed by atoms with Crippen LogP contribution in [-0.4, -0.2) is 45.4 Å². The van der Waals surface area contributed by atoms with E-state index in [0.29, 0.717) is 13.2 Å². The molecule has 3 rings (SSSR count). The third-order valence-corrected chi connectivity index (χ3v) is 3.85. The summed E-state index contributed by atoms with van der Waals surface area (Å²) in [5.41, 5.74) is 0.804. The van der Waals surface area contributed by atoms with Crippen molar-refractivity contribution in [3.63, 3.8) is 0 Å². The topological polar surface area (TPSA) is 73.1 Å². The molecule has 1 atom stereocenters. The van der Waals surface area contributed by atoms with Gasteiger partial charge in [0.2, 0.25) is 0 Å². The number of carbonyl (C=O) groups excluding carboxylic acids is 1. The standard InChI is InChI=1S/C14H19N5O2/c1-3-21-14(20)10-5-4-6-19(8-10)13-11-7-17-18(2)12(11)15-9-16-13/h7,9-10H,3-6,8H2,1-2H3/t10-/m0/s1. The molecule has 0 aliphatic carbocycles. The normalized spacial score (nSPS) is 19.0. The van der Waals surface area contributed by atoms with Crippen LogP contribution in [0.25, 0.3) is 11.0 Å². The van der Waals surface area contributed by atoms with Crippen molar-refractivity contribution in [3.8, 4) is 0 Å². The van der Waals surface area contributed by atoms with E-state index >= 15 is 0 Å². The van der Waals surface area contributed by atoms with E-state index in [1.54, 1.807) is 17.2 Å². The number of hydrogen-bond acceptors (Lipinski definition) is 6. The highest BCUT2D eigenvalue weighted by molar-refractivity contribution is 5.87. The molecule has 3 heterocycles. The van der Waals surface area contributed by atoms with Crippen molar-refractivity contribution in [3.05, 3.63) is 12.5 Å². The number of nitrogens with zero attached hydrogens (tertiary/aromatic N) is 5. The number of aryl methyl sites for hydroxylation is 1. The van der Waals surface area contributed by atoms with Gasteiger partial charge in [0.25, 0.3) is 0 Å². The van der Waals surface area contributed by atoms with Gasteiger partial charge < -0.3 is 9.64 Å². The molecular weight excluding hydrogens is 270 g/mol. The summed E-state index contributed by atoms with van der Waals surface area (Å²) in [6.07, 6.45) is 5.15. The minimum Gasteiger partial charge on any atom is -0.466 e. The molecule has 0 aromatic carbocycles. The summed E-state index contributed by atoms with van der Waals surface area (Å²) in [5, 5.41) is 5.15. The molecule has 0 N–H and O–H groups in total. The van der Waals surface area contributed by atoms with Gasteiger partial charge in [0, 0.05) is 20.1 Å². The predicted octanol–water partition coefficient (Wildman–Crippen LogP) is 1.14. The highest BCUT2D eigenvalue weighted by Crippen LogP contribution is 2.27. The Hall–Kier alpha value is -2.18. The van der Waals surface area contributed by atoms with Gasteiger partial charge in [0.15, 0.2) is 5.65 Å². The summed E-state index contributed by atoms with van der Waals surface area (Å²) in [7, 11) is 1.86. The van der Waals surface area contributed by atoms with Crippen LogP contribution >= 0.6 is 0 Å². The number of hydrogen-bond donors (Lipinski definition) is 0. The van der Waals surface area contributed by atoms with E-state index in [9.17, 15) is 4.79 Å². The number of piperidine rings is 1. The lowest BCUT2D eigenvalue weighted by Gasteiger charge is -2.32. The van der Waals surface area contributed by atoms with Crippen LogP contribution in [0.15, 0.2) is 12.5 Å². The Kier molecular flexibility index (Phi) is 3.72. The van der Waals surface area contributed by atoms with Crippen LogP contribution in [0.3, 0.4) is 0 Å². The van der Waals surface area contributed by atoms with Crippen molar-refractivity contribution < 1.29 is 9.53 Å². The van der Waals surface area contributed by atoms with Gasteiger partial charge in [0.1, 0.15) is 12.1 Å². The average Bonchev–Trinajstić information content (AvgIpc) is 2.89. The van der Waals surface area contributed by atoms with Gasteiger partial charge in [-0.2, -0.15) is 5.10 Å². The van der Waals surface area contributed by atoms with Crippen molar-refractivity contribution >= 4 is 22.8 Å². The van der Waals surface area contributed by atoms with E-state index in [2.05, 4.69) is 20.0 Å². The number of ether oxygens (including phenoxy) is 1. The van der Waals surface area contributed by atoms with Gasteiger partial charge in [-0.1, -0.05) is 0 Å². The van der Waals surface area contributed by atoms with Crippen LogP contribution in [-0.2, 0) is 16.6 Å². The van der Waals surface area contributed by atoms with Gasteiger partial charge in [-0.3, -0.25) is 9.48 Å². The molecule has 0 radical (unpaired) electrons. The van der Waals surface area contributed by atoms with Crippen LogP contribution in [0.2, 0.25) is 0 Å². The number of esters is 1. The Balaban J connectivity index is 1.86. The fourth-order valence-corrected chi connectivity index (χ4v) is 2.82. The highest BCUT2D eigenvalue weighted by atomic mass is 16.5. The molecule has 0 bridgehead atoms. The molecule has 0 unspecified atom stereocenters. The van der Waals surface area contributed by atoms with Crippen LogP contribution in [0.1, 0.15) is 19.8 Å². The Morgan fingerprint density at radius 1 is 1.48 bits per heavy atom. The first-order valence-corrected chi connectivity index (χ1v) is 7.25. The van der Waals surface area contributed by atoms with E-state index < -0.39 is 0 Å². The molecular formula is C14H19N5O2. The molecule has 2 aromatic heterocycles. The second-order valence-electron chi connectivity index (χ2n) is 5.24. The molecule has 2 aromatic rings. The Morgan fingerprint density at radius 3 is 3.14 bits per heavy atom. The number of carbonyl (C=O) groups is 1. The van der Waals surface area contributed by atoms with Crippen molar-refractivity contribution in [1.29, 1.82) is 0 Å². The third-order valence-electron chi connectivity index (χ3n) is 3.85. The molecule has 0 amide bonds. The highest BCUT2D eigenvalue weighted by Gasteiger charge is 2.28. The molecule has 1 aliphatic heterocycles. The number of fused-ring (bicyclic) bond motifs is 1. The molecule has 7 heteroatoms. The van der Waals surface area contributed by atoms with Crippen molar-refractivity contribution in [2.75, 3.05) is 24.6 Å². The lowest BCUT2D eigenvalue weighted by atomic mass is 9.98. The number of rotatable bonds is 3. The SMILES string of the molecule is CCOC(=O)[C@H]1CCCN(c2ncnc3c2cnn3C)C1. The Labute approximate surface area is 122 Å². The van der Waals surface area contributed by atoms with Crippen LogP contribution in [0, 0.1) is 5.92 Å². The molecule has 1 saturated heterocycles. The first-order chi connectivity index (χ1) is 10.2. The van der Waals surface area contributed by atoms with Gasteiger partial charge >= 0.3 is 5.97 Å². The maximum absolute atomic E-state index is 11.9. The molecule has 1 fully saturated rings. The van der Waals surface area contributed by atoms with E-state index in [0.717, 1.165) is 36.2 Å². The molecule has 112 valence electrons. The molecule has 0 spiro atoms. The maximum Gasteiger partial charge on any atom is 0.310 e. The summed E-state index contributed by atoms with van der Waals surface area (Å²) in [6, 6.07) is 0. The fraction of sp³-hybridized carbons (Fsp3) is 0.571. The monoisotopic (exact) mass is 289 g/mol. The summed E-state index contributed by atoms with van der Waals surface area (Å²) in [4.78, 5) is 22.7. The minimum absolute atomic E-state index is 0.0830. The second kappa shape index (κ2) is 5.67. The molecule has 0 saturated carbocycles. The van der Waals surface area contributed by atoms with Crippen molar-refractivity contribution in [2.24, 2.45) is 13.0 Å². The summed E-state index contributed by atoms with van der Waals surface area (Å²) in [5.74, 6) is 0.654. The zero-order valence-electron chi connectivity index (χ0n) is 12.3. The van der Waals surface area contributed by atoms with Gasteiger partial charge in [-0.05, 0) is 19.8 Å². The minimum atomic E-state index is -0.112. The number of aromatic nitrogens is 4. The van der Waals surface area contributed by atoms with E-state index in [1.807, 2.05) is 14.0 Å². The van der Waals surface area contributed by atoms with E-state index in [4.69, 9.17) is 4.74 Å². The lowest BCUT2D eigenvalue weighted by Crippen LogP contribution is -2.40. The van der Waals surface area contributed by atoms with Crippen molar-refractivity contribution in [2.45, 2.75) is 19.8 Å². The summed E-state index contributed by atoms with van der Waals surface area (Å²) >= 11 is 0. The largest absolute Gasteiger partial charge is 0.466 e. The number of anilines is 1. The molecule has 21 heavy (non-hydrogen) atoms. The summed E-state index contributed by atoms with van der Waals surface area (Å²) < 4.78 is 6.87. The van der Waals surface area contributed by atoms with Crippen LogP contribution < -0.4 is 4.90 Å². The average molecular weight is 289 g/mol. The van der Waals surface area contributed by atoms with E-state index in [1.165, 1.54) is 0 Å². The molecule has 7 nitrogen and oxygen atoms in total. The van der Waals surface area contributed by atoms with Crippen LogP contribution in [0.5, 0.6) is 0 Å². The Morgan fingerprint density at radius 2 is 2.33 bits per heavy atom. The second-order valence-corrected chi connectivity index (χ2v) is 5.24. The van der Waals surface area contributed by atoms with Gasteiger partial charge in [-0.15, -0.1) is 0 Å². The first-order valence-electron chi connectivity index (χ1n) is 7.25. The Bertz CT molecular complexity index is 654. The smallest absolute Gasteiger partial charge is 0.310 e. The quantitative estimate of drug-likeness (QED) is 0.789. The fourth-order valence-electron chi connectivity index (χ4n) is 2.82. The van der Waals surface area contributed by atoms with E-state index in [-0.39, 0.29) is 11.9 Å². The molecule has 1 aliphatic rings. The predicted molar refractivity (Wildman–Crippen MR) is 77.9 cm³/mol. The zero-order chi connectivity index (χ0) is 14.8.